The fourth-order valence-corrected chi connectivity index (χ4v) is 5.07. The van der Waals surface area contributed by atoms with E-state index in [9.17, 15) is 0 Å². The summed E-state index contributed by atoms with van der Waals surface area (Å²) in [4.78, 5) is 0. The van der Waals surface area contributed by atoms with E-state index < -0.39 is 0 Å². The molecule has 0 fully saturated rings. The molecule has 0 atom stereocenters. The SMILES string of the molecule is Cc1ccc(-c2cccc(-c3ccc(-c4cccc(-c5ccc(C)cc5)c4)c(-c4ccccc4)c3)c2)cc1. The Morgan fingerprint density at radius 1 is 0.263 bits per heavy atom. The van der Waals surface area contributed by atoms with Crippen molar-refractivity contribution >= 4 is 0 Å². The smallest absolute Gasteiger partial charge is 0.00992 e. The molecular weight excluding hydrogens is 456 g/mol. The first-order chi connectivity index (χ1) is 18.6. The molecule has 0 heterocycles. The molecule has 0 amide bonds. The fraction of sp³-hybridized carbons (Fsp3) is 0.0526. The minimum Gasteiger partial charge on any atom is -0.0622 e. The average molecular weight is 487 g/mol. The second-order valence-electron chi connectivity index (χ2n) is 10.0. The van der Waals surface area contributed by atoms with Crippen molar-refractivity contribution < 1.29 is 0 Å². The molecule has 0 aromatic heterocycles. The van der Waals surface area contributed by atoms with E-state index >= 15 is 0 Å². The van der Waals surface area contributed by atoms with Gasteiger partial charge in [-0.1, -0.05) is 139 Å². The first-order valence-electron chi connectivity index (χ1n) is 13.2. The highest BCUT2D eigenvalue weighted by atomic mass is 14.2. The van der Waals surface area contributed by atoms with E-state index in [4.69, 9.17) is 0 Å². The molecule has 0 saturated heterocycles. The molecular formula is C38H30. The lowest BCUT2D eigenvalue weighted by Crippen LogP contribution is -1.89. The zero-order valence-electron chi connectivity index (χ0n) is 21.9. The van der Waals surface area contributed by atoms with Gasteiger partial charge in [0.2, 0.25) is 0 Å². The molecule has 0 nitrogen and oxygen atoms in total. The topological polar surface area (TPSA) is 0 Å². The molecule has 0 aliphatic rings. The Bertz CT molecular complexity index is 1690. The summed E-state index contributed by atoms with van der Waals surface area (Å²) in [6, 6.07) is 52.9. The van der Waals surface area contributed by atoms with Crippen molar-refractivity contribution in [1.29, 1.82) is 0 Å². The monoisotopic (exact) mass is 486 g/mol. The summed E-state index contributed by atoms with van der Waals surface area (Å²) >= 11 is 0. The normalized spacial score (nSPS) is 10.9. The van der Waals surface area contributed by atoms with Crippen LogP contribution in [0.25, 0.3) is 55.6 Å². The summed E-state index contributed by atoms with van der Waals surface area (Å²) in [6.07, 6.45) is 0. The predicted octanol–water partition coefficient (Wildman–Crippen LogP) is 10.6. The zero-order chi connectivity index (χ0) is 25.9. The number of rotatable bonds is 5. The molecule has 0 aliphatic carbocycles. The molecule has 38 heavy (non-hydrogen) atoms. The highest BCUT2D eigenvalue weighted by molar-refractivity contribution is 5.89. The molecule has 0 unspecified atom stereocenters. The van der Waals surface area contributed by atoms with Gasteiger partial charge in [-0.3, -0.25) is 0 Å². The second-order valence-corrected chi connectivity index (χ2v) is 10.0. The highest BCUT2D eigenvalue weighted by Gasteiger charge is 2.12. The maximum atomic E-state index is 2.34. The van der Waals surface area contributed by atoms with Gasteiger partial charge in [0, 0.05) is 0 Å². The van der Waals surface area contributed by atoms with Crippen LogP contribution in [-0.4, -0.2) is 0 Å². The van der Waals surface area contributed by atoms with E-state index in [0.29, 0.717) is 0 Å². The summed E-state index contributed by atoms with van der Waals surface area (Å²) in [5, 5.41) is 0. The standard InChI is InChI=1S/C38H30/c1-27-14-18-29(19-15-27)32-10-6-12-34(24-32)35-22-23-37(38(26-35)31-8-4-3-5-9-31)36-13-7-11-33(25-36)30-20-16-28(2)17-21-30/h3-26H,1-2H3. The first-order valence-corrected chi connectivity index (χ1v) is 13.2. The van der Waals surface area contributed by atoms with Crippen LogP contribution in [0.15, 0.2) is 146 Å². The lowest BCUT2D eigenvalue weighted by Gasteiger charge is -2.15. The van der Waals surface area contributed by atoms with Crippen LogP contribution in [0.3, 0.4) is 0 Å². The average Bonchev–Trinajstić information content (AvgIpc) is 2.98. The van der Waals surface area contributed by atoms with E-state index in [0.717, 1.165) is 0 Å². The van der Waals surface area contributed by atoms with E-state index in [-0.39, 0.29) is 0 Å². The van der Waals surface area contributed by atoms with Crippen molar-refractivity contribution in [3.8, 4) is 55.6 Å². The quantitative estimate of drug-likeness (QED) is 0.227. The number of aryl methyl sites for hydroxylation is 2. The molecule has 0 bridgehead atoms. The zero-order valence-corrected chi connectivity index (χ0v) is 21.9. The molecule has 0 aliphatic heterocycles. The summed E-state index contributed by atoms with van der Waals surface area (Å²) < 4.78 is 0. The maximum Gasteiger partial charge on any atom is -0.00992 e. The van der Waals surface area contributed by atoms with Crippen molar-refractivity contribution in [2.45, 2.75) is 13.8 Å². The molecule has 6 rings (SSSR count). The highest BCUT2D eigenvalue weighted by Crippen LogP contribution is 2.38. The van der Waals surface area contributed by atoms with Gasteiger partial charge in [-0.2, -0.15) is 0 Å². The number of benzene rings is 6. The molecule has 182 valence electrons. The minimum atomic E-state index is 1.22. The van der Waals surface area contributed by atoms with Crippen LogP contribution < -0.4 is 0 Å². The van der Waals surface area contributed by atoms with Crippen molar-refractivity contribution in [2.75, 3.05) is 0 Å². The van der Waals surface area contributed by atoms with E-state index in [2.05, 4.69) is 159 Å². The van der Waals surface area contributed by atoms with Gasteiger partial charge in [-0.05, 0) is 87.7 Å². The lowest BCUT2D eigenvalue weighted by atomic mass is 9.89. The summed E-state index contributed by atoms with van der Waals surface area (Å²) in [5.74, 6) is 0. The molecule has 0 saturated carbocycles. The van der Waals surface area contributed by atoms with Crippen molar-refractivity contribution in [3.05, 3.63) is 157 Å². The molecule has 6 aromatic carbocycles. The Kier molecular flexibility index (Phi) is 6.46. The van der Waals surface area contributed by atoms with Crippen LogP contribution in [0, 0.1) is 13.8 Å². The van der Waals surface area contributed by atoms with E-state index in [1.54, 1.807) is 0 Å². The van der Waals surface area contributed by atoms with Crippen molar-refractivity contribution in [2.24, 2.45) is 0 Å². The molecule has 0 radical (unpaired) electrons. The Morgan fingerprint density at radius 3 is 1.26 bits per heavy atom. The van der Waals surface area contributed by atoms with Gasteiger partial charge in [0.05, 0.1) is 0 Å². The van der Waals surface area contributed by atoms with Gasteiger partial charge in [-0.15, -0.1) is 0 Å². The van der Waals surface area contributed by atoms with Crippen LogP contribution in [0.4, 0.5) is 0 Å². The predicted molar refractivity (Wildman–Crippen MR) is 163 cm³/mol. The second kappa shape index (κ2) is 10.4. The molecule has 0 spiro atoms. The van der Waals surface area contributed by atoms with Crippen LogP contribution in [0.1, 0.15) is 11.1 Å². The molecule has 6 aromatic rings. The fourth-order valence-electron chi connectivity index (χ4n) is 5.07. The largest absolute Gasteiger partial charge is 0.0622 e. The minimum absolute atomic E-state index is 1.22. The molecule has 0 heteroatoms. The third-order valence-electron chi connectivity index (χ3n) is 7.24. The van der Waals surface area contributed by atoms with Gasteiger partial charge in [0.1, 0.15) is 0 Å². The van der Waals surface area contributed by atoms with Gasteiger partial charge >= 0.3 is 0 Å². The van der Waals surface area contributed by atoms with Crippen molar-refractivity contribution in [3.63, 3.8) is 0 Å². The molecule has 0 N–H and O–H groups in total. The summed E-state index contributed by atoms with van der Waals surface area (Å²) in [7, 11) is 0. The first kappa shape index (κ1) is 23.7. The summed E-state index contributed by atoms with van der Waals surface area (Å²) in [6.45, 7) is 4.26. The Hall–Kier alpha value is -4.68. The Morgan fingerprint density at radius 2 is 0.684 bits per heavy atom. The van der Waals surface area contributed by atoms with Gasteiger partial charge < -0.3 is 0 Å². The number of hydrogen-bond acceptors (Lipinski definition) is 0. The van der Waals surface area contributed by atoms with Gasteiger partial charge in [0.15, 0.2) is 0 Å². The van der Waals surface area contributed by atoms with Gasteiger partial charge in [0.25, 0.3) is 0 Å². The number of hydrogen-bond donors (Lipinski definition) is 0. The van der Waals surface area contributed by atoms with E-state index in [1.807, 2.05) is 0 Å². The van der Waals surface area contributed by atoms with Crippen LogP contribution >= 0.6 is 0 Å². The van der Waals surface area contributed by atoms with E-state index in [1.165, 1.54) is 66.8 Å². The van der Waals surface area contributed by atoms with Crippen LogP contribution in [-0.2, 0) is 0 Å². The Labute approximate surface area is 225 Å². The van der Waals surface area contributed by atoms with Crippen molar-refractivity contribution in [1.82, 2.24) is 0 Å². The Balaban J connectivity index is 1.45. The third-order valence-corrected chi connectivity index (χ3v) is 7.24. The van der Waals surface area contributed by atoms with Gasteiger partial charge in [-0.25, -0.2) is 0 Å². The van der Waals surface area contributed by atoms with Crippen LogP contribution in [0.2, 0.25) is 0 Å². The van der Waals surface area contributed by atoms with Crippen LogP contribution in [0.5, 0.6) is 0 Å². The summed E-state index contributed by atoms with van der Waals surface area (Å²) in [5.41, 5.74) is 14.9. The third kappa shape index (κ3) is 4.94. The maximum absolute atomic E-state index is 2.34. The lowest BCUT2D eigenvalue weighted by molar-refractivity contribution is 1.47.